The number of amides is 1. The lowest BCUT2D eigenvalue weighted by atomic mass is 10.0. The van der Waals surface area contributed by atoms with Crippen LogP contribution in [0, 0.1) is 0 Å². The molecule has 7 nitrogen and oxygen atoms in total. The molecule has 0 bridgehead atoms. The number of hydrogen-bond donors (Lipinski definition) is 0. The highest BCUT2D eigenvalue weighted by Gasteiger charge is 2.23. The Hall–Kier alpha value is -3.09. The Morgan fingerprint density at radius 1 is 1.24 bits per heavy atom. The van der Waals surface area contributed by atoms with E-state index in [1.807, 2.05) is 42.5 Å². The second-order valence-electron chi connectivity index (χ2n) is 5.87. The third kappa shape index (κ3) is 2.88. The molecular formula is C18H18N4O3. The normalized spacial score (nSPS) is 13.6. The van der Waals surface area contributed by atoms with Crippen molar-refractivity contribution < 1.29 is 14.4 Å². The van der Waals surface area contributed by atoms with Gasteiger partial charge < -0.3 is 14.5 Å². The van der Waals surface area contributed by atoms with Crippen molar-refractivity contribution in [2.45, 2.75) is 12.8 Å². The summed E-state index contributed by atoms with van der Waals surface area (Å²) in [6.45, 7) is 0.582. The summed E-state index contributed by atoms with van der Waals surface area (Å²) < 4.78 is 5.27. The maximum Gasteiger partial charge on any atom is 0.267 e. The zero-order valence-corrected chi connectivity index (χ0v) is 13.9. The van der Waals surface area contributed by atoms with Crippen LogP contribution in [0.15, 0.2) is 42.5 Å². The standard InChI is InChI=1S/C18H18N4O3/c1-24-14-8-9-16-13(11-14)5-4-10-21(16)18(23)12-25-22-17-7-3-2-6-15(17)19-20-22/h2-3,6-9,11H,4-5,10,12H2,1H3. The molecule has 1 aliphatic heterocycles. The van der Waals surface area contributed by atoms with Crippen molar-refractivity contribution in [2.75, 3.05) is 25.2 Å². The van der Waals surface area contributed by atoms with Crippen LogP contribution in [0.25, 0.3) is 11.0 Å². The average Bonchev–Trinajstić information content (AvgIpc) is 3.08. The van der Waals surface area contributed by atoms with Crippen LogP contribution in [-0.2, 0) is 11.2 Å². The SMILES string of the molecule is COc1ccc2c(c1)CCCN2C(=O)COn1nnc2ccccc21. The van der Waals surface area contributed by atoms with Crippen LogP contribution >= 0.6 is 0 Å². The summed E-state index contributed by atoms with van der Waals surface area (Å²) in [5.41, 5.74) is 3.50. The van der Waals surface area contributed by atoms with Crippen molar-refractivity contribution in [3.8, 4) is 5.75 Å². The van der Waals surface area contributed by atoms with Gasteiger partial charge >= 0.3 is 0 Å². The highest BCUT2D eigenvalue weighted by atomic mass is 16.7. The molecule has 1 amide bonds. The molecule has 0 saturated heterocycles. The van der Waals surface area contributed by atoms with Gasteiger partial charge in [0, 0.05) is 12.2 Å². The van der Waals surface area contributed by atoms with Crippen LogP contribution in [0.3, 0.4) is 0 Å². The minimum Gasteiger partial charge on any atom is -0.497 e. The molecule has 4 rings (SSSR count). The van der Waals surface area contributed by atoms with E-state index in [-0.39, 0.29) is 12.5 Å². The number of anilines is 1. The van der Waals surface area contributed by atoms with Gasteiger partial charge in [-0.15, -0.1) is 5.10 Å². The largest absolute Gasteiger partial charge is 0.497 e. The number of hydrogen-bond acceptors (Lipinski definition) is 5. The fraction of sp³-hybridized carbons (Fsp3) is 0.278. The fourth-order valence-corrected chi connectivity index (χ4v) is 3.10. The molecule has 25 heavy (non-hydrogen) atoms. The predicted molar refractivity (Wildman–Crippen MR) is 92.6 cm³/mol. The number of benzene rings is 2. The number of methoxy groups -OCH3 is 1. The maximum absolute atomic E-state index is 12.7. The number of ether oxygens (including phenoxy) is 1. The first-order chi connectivity index (χ1) is 12.3. The average molecular weight is 338 g/mol. The lowest BCUT2D eigenvalue weighted by Crippen LogP contribution is -2.40. The zero-order chi connectivity index (χ0) is 17.2. The smallest absolute Gasteiger partial charge is 0.267 e. The molecule has 0 N–H and O–H groups in total. The van der Waals surface area contributed by atoms with E-state index in [0.717, 1.165) is 40.9 Å². The summed E-state index contributed by atoms with van der Waals surface area (Å²) >= 11 is 0. The number of carbonyl (C=O) groups is 1. The Kier molecular flexibility index (Phi) is 3.97. The molecular weight excluding hydrogens is 320 g/mol. The Morgan fingerprint density at radius 2 is 2.12 bits per heavy atom. The molecule has 2 aromatic carbocycles. The highest BCUT2D eigenvalue weighted by Crippen LogP contribution is 2.30. The number of aryl methyl sites for hydroxylation is 1. The molecule has 7 heteroatoms. The van der Waals surface area contributed by atoms with Gasteiger partial charge in [-0.25, -0.2) is 0 Å². The van der Waals surface area contributed by atoms with Gasteiger partial charge in [0.15, 0.2) is 6.61 Å². The number of aromatic nitrogens is 3. The van der Waals surface area contributed by atoms with Crippen LogP contribution in [0.4, 0.5) is 5.69 Å². The Balaban J connectivity index is 1.51. The van der Waals surface area contributed by atoms with E-state index in [4.69, 9.17) is 9.57 Å². The van der Waals surface area contributed by atoms with E-state index in [2.05, 4.69) is 10.3 Å². The predicted octanol–water partition coefficient (Wildman–Crippen LogP) is 1.85. The van der Waals surface area contributed by atoms with Crippen molar-refractivity contribution in [1.29, 1.82) is 0 Å². The Bertz CT molecular complexity index is 922. The minimum atomic E-state index is -0.106. The zero-order valence-electron chi connectivity index (χ0n) is 13.9. The van der Waals surface area contributed by atoms with Gasteiger partial charge in [-0.1, -0.05) is 17.0 Å². The van der Waals surface area contributed by atoms with Gasteiger partial charge in [0.05, 0.1) is 7.11 Å². The van der Waals surface area contributed by atoms with Gasteiger partial charge in [-0.2, -0.15) is 0 Å². The van der Waals surface area contributed by atoms with Crippen molar-refractivity contribution in [3.05, 3.63) is 48.0 Å². The van der Waals surface area contributed by atoms with E-state index in [1.54, 1.807) is 12.0 Å². The fourth-order valence-electron chi connectivity index (χ4n) is 3.10. The topological polar surface area (TPSA) is 69.5 Å². The quantitative estimate of drug-likeness (QED) is 0.726. The molecule has 0 atom stereocenters. The highest BCUT2D eigenvalue weighted by molar-refractivity contribution is 5.95. The molecule has 0 spiro atoms. The third-order valence-electron chi connectivity index (χ3n) is 4.34. The van der Waals surface area contributed by atoms with Crippen molar-refractivity contribution in [3.63, 3.8) is 0 Å². The molecule has 1 aliphatic rings. The van der Waals surface area contributed by atoms with Crippen LogP contribution in [0.5, 0.6) is 5.75 Å². The molecule has 0 fully saturated rings. The molecule has 1 aromatic heterocycles. The number of fused-ring (bicyclic) bond motifs is 2. The summed E-state index contributed by atoms with van der Waals surface area (Å²) in [6.07, 6.45) is 1.85. The summed E-state index contributed by atoms with van der Waals surface area (Å²) in [5.74, 6) is 0.698. The van der Waals surface area contributed by atoms with Crippen molar-refractivity contribution >= 4 is 22.6 Å². The lowest BCUT2D eigenvalue weighted by molar-refractivity contribution is -0.123. The summed E-state index contributed by atoms with van der Waals surface area (Å²) in [6, 6.07) is 13.2. The van der Waals surface area contributed by atoms with Gasteiger partial charge in [0.1, 0.15) is 16.8 Å². The molecule has 3 aromatic rings. The molecule has 0 saturated carbocycles. The van der Waals surface area contributed by atoms with Crippen LogP contribution in [0.1, 0.15) is 12.0 Å². The van der Waals surface area contributed by atoms with Crippen LogP contribution in [0.2, 0.25) is 0 Å². The summed E-state index contributed by atoms with van der Waals surface area (Å²) in [7, 11) is 1.64. The number of rotatable bonds is 4. The third-order valence-corrected chi connectivity index (χ3v) is 4.34. The van der Waals surface area contributed by atoms with E-state index < -0.39 is 0 Å². The van der Waals surface area contributed by atoms with Crippen molar-refractivity contribution in [2.24, 2.45) is 0 Å². The minimum absolute atomic E-state index is 0.0984. The van der Waals surface area contributed by atoms with Gasteiger partial charge in [0.25, 0.3) is 5.91 Å². The molecule has 0 unspecified atom stereocenters. The number of carbonyl (C=O) groups excluding carboxylic acids is 1. The first kappa shape index (κ1) is 15.4. The van der Waals surface area contributed by atoms with E-state index in [9.17, 15) is 4.79 Å². The lowest BCUT2D eigenvalue weighted by Gasteiger charge is -2.29. The van der Waals surface area contributed by atoms with E-state index in [0.29, 0.717) is 6.54 Å². The van der Waals surface area contributed by atoms with E-state index >= 15 is 0 Å². The first-order valence-corrected chi connectivity index (χ1v) is 8.17. The summed E-state index contributed by atoms with van der Waals surface area (Å²) in [5, 5.41) is 7.95. The number of para-hydroxylation sites is 1. The summed E-state index contributed by atoms with van der Waals surface area (Å²) in [4.78, 5) is 21.3. The van der Waals surface area contributed by atoms with Gasteiger partial charge in [-0.05, 0) is 54.0 Å². The number of nitrogens with zero attached hydrogens (tertiary/aromatic N) is 4. The molecule has 0 radical (unpaired) electrons. The van der Waals surface area contributed by atoms with Crippen molar-refractivity contribution in [1.82, 2.24) is 15.2 Å². The second kappa shape index (κ2) is 6.43. The molecule has 2 heterocycles. The maximum atomic E-state index is 12.7. The van der Waals surface area contributed by atoms with Crippen LogP contribution < -0.4 is 14.5 Å². The Morgan fingerprint density at radius 3 is 3.00 bits per heavy atom. The van der Waals surface area contributed by atoms with E-state index in [1.165, 1.54) is 4.85 Å². The monoisotopic (exact) mass is 338 g/mol. The molecule has 0 aliphatic carbocycles. The van der Waals surface area contributed by atoms with Gasteiger partial charge in [-0.3, -0.25) is 4.79 Å². The second-order valence-corrected chi connectivity index (χ2v) is 5.87. The Labute approximate surface area is 144 Å². The van der Waals surface area contributed by atoms with Crippen LogP contribution in [-0.4, -0.2) is 41.3 Å². The van der Waals surface area contributed by atoms with Gasteiger partial charge in [0.2, 0.25) is 0 Å². The first-order valence-electron chi connectivity index (χ1n) is 8.17. The molecule has 128 valence electrons.